The fraction of sp³-hybridized carbons (Fsp3) is 0.706. The molecule has 0 aliphatic carbocycles. The van der Waals surface area contributed by atoms with Crippen LogP contribution in [-0.4, -0.2) is 42.6 Å². The Morgan fingerprint density at radius 1 is 1.20 bits per heavy atom. The first-order valence-electron chi connectivity index (χ1n) is 8.03. The molecule has 1 unspecified atom stereocenters. The van der Waals surface area contributed by atoms with Gasteiger partial charge in [0.1, 0.15) is 0 Å². The topological polar surface area (TPSA) is 28.2 Å². The number of nitrogens with one attached hydrogen (secondary N) is 1. The first-order chi connectivity index (χ1) is 9.72. The summed E-state index contributed by atoms with van der Waals surface area (Å²) in [6.45, 7) is 7.86. The second kappa shape index (κ2) is 10.8. The average Bonchev–Trinajstić information content (AvgIpc) is 2.46. The number of nitrogens with zero attached hydrogens (tertiary/aromatic N) is 2. The van der Waals surface area contributed by atoms with Crippen molar-refractivity contribution in [1.82, 2.24) is 15.2 Å². The summed E-state index contributed by atoms with van der Waals surface area (Å²) in [6, 6.07) is 4.85. The molecule has 3 heteroatoms. The summed E-state index contributed by atoms with van der Waals surface area (Å²) < 4.78 is 0. The van der Waals surface area contributed by atoms with Gasteiger partial charge in [0.05, 0.1) is 0 Å². The first kappa shape index (κ1) is 17.1. The van der Waals surface area contributed by atoms with Crippen molar-refractivity contribution < 1.29 is 0 Å². The van der Waals surface area contributed by atoms with E-state index in [-0.39, 0.29) is 0 Å². The van der Waals surface area contributed by atoms with Crippen molar-refractivity contribution in [3.8, 4) is 0 Å². The standard InChI is InChI=1S/C17H31N3/c1-4-5-6-7-16(2)19-13-15-20(3)14-10-17-8-11-18-12-9-17/h8-9,11-12,16,19H,4-7,10,13-15H2,1-3H3. The number of hydrogen-bond donors (Lipinski definition) is 1. The Labute approximate surface area is 124 Å². The number of aromatic nitrogens is 1. The van der Waals surface area contributed by atoms with Crippen LogP contribution >= 0.6 is 0 Å². The number of hydrogen-bond acceptors (Lipinski definition) is 3. The SMILES string of the molecule is CCCCCC(C)NCCN(C)CCc1ccncc1. The summed E-state index contributed by atoms with van der Waals surface area (Å²) in [4.78, 5) is 6.44. The average molecular weight is 277 g/mol. The zero-order chi connectivity index (χ0) is 14.6. The monoisotopic (exact) mass is 277 g/mol. The van der Waals surface area contributed by atoms with E-state index in [0.29, 0.717) is 6.04 Å². The van der Waals surface area contributed by atoms with Gasteiger partial charge in [-0.05, 0) is 44.5 Å². The highest BCUT2D eigenvalue weighted by Gasteiger charge is 2.02. The minimum Gasteiger partial charge on any atom is -0.313 e. The molecule has 1 heterocycles. The van der Waals surface area contributed by atoms with Crippen LogP contribution < -0.4 is 5.32 Å². The van der Waals surface area contributed by atoms with Crippen molar-refractivity contribution in [1.29, 1.82) is 0 Å². The molecule has 0 bridgehead atoms. The smallest absolute Gasteiger partial charge is 0.0270 e. The van der Waals surface area contributed by atoms with E-state index in [1.54, 1.807) is 0 Å². The molecule has 0 aliphatic heterocycles. The highest BCUT2D eigenvalue weighted by molar-refractivity contribution is 5.09. The molecule has 1 atom stereocenters. The van der Waals surface area contributed by atoms with Gasteiger partial charge in [-0.15, -0.1) is 0 Å². The fourth-order valence-electron chi connectivity index (χ4n) is 2.29. The van der Waals surface area contributed by atoms with Crippen molar-refractivity contribution in [3.05, 3.63) is 30.1 Å². The van der Waals surface area contributed by atoms with E-state index in [1.807, 2.05) is 12.4 Å². The van der Waals surface area contributed by atoms with E-state index in [0.717, 1.165) is 26.1 Å². The molecule has 0 fully saturated rings. The second-order valence-corrected chi connectivity index (χ2v) is 5.76. The third-order valence-corrected chi connectivity index (χ3v) is 3.76. The summed E-state index contributed by atoms with van der Waals surface area (Å²) in [5.74, 6) is 0. The lowest BCUT2D eigenvalue weighted by atomic mass is 10.1. The molecule has 0 saturated heterocycles. The molecule has 1 N–H and O–H groups in total. The molecule has 1 rings (SSSR count). The summed E-state index contributed by atoms with van der Waals surface area (Å²) >= 11 is 0. The third kappa shape index (κ3) is 8.28. The van der Waals surface area contributed by atoms with Crippen LogP contribution in [0, 0.1) is 0 Å². The van der Waals surface area contributed by atoms with Crippen LogP contribution in [0.4, 0.5) is 0 Å². The van der Waals surface area contributed by atoms with Crippen molar-refractivity contribution in [2.24, 2.45) is 0 Å². The maximum atomic E-state index is 4.05. The second-order valence-electron chi connectivity index (χ2n) is 5.76. The van der Waals surface area contributed by atoms with Gasteiger partial charge in [0.2, 0.25) is 0 Å². The van der Waals surface area contributed by atoms with Crippen LogP contribution in [0.25, 0.3) is 0 Å². The lowest BCUT2D eigenvalue weighted by Gasteiger charge is -2.19. The summed E-state index contributed by atoms with van der Waals surface area (Å²) in [5.41, 5.74) is 1.37. The van der Waals surface area contributed by atoms with Gasteiger partial charge in [0.25, 0.3) is 0 Å². The van der Waals surface area contributed by atoms with Gasteiger partial charge in [-0.3, -0.25) is 4.98 Å². The number of likely N-dealkylation sites (N-methyl/N-ethyl adjacent to an activating group) is 1. The highest BCUT2D eigenvalue weighted by atomic mass is 15.1. The minimum atomic E-state index is 0.648. The quantitative estimate of drug-likeness (QED) is 0.630. The molecule has 0 spiro atoms. The molecule has 1 aromatic heterocycles. The van der Waals surface area contributed by atoms with Crippen LogP contribution in [0.15, 0.2) is 24.5 Å². The fourth-order valence-corrected chi connectivity index (χ4v) is 2.29. The summed E-state index contributed by atoms with van der Waals surface area (Å²) in [5, 5.41) is 3.62. The Balaban J connectivity index is 2.03. The Morgan fingerprint density at radius 2 is 1.95 bits per heavy atom. The third-order valence-electron chi connectivity index (χ3n) is 3.76. The molecule has 3 nitrogen and oxygen atoms in total. The van der Waals surface area contributed by atoms with Crippen molar-refractivity contribution in [2.75, 3.05) is 26.7 Å². The zero-order valence-corrected chi connectivity index (χ0v) is 13.4. The molecule has 20 heavy (non-hydrogen) atoms. The van der Waals surface area contributed by atoms with E-state index >= 15 is 0 Å². The van der Waals surface area contributed by atoms with Crippen molar-refractivity contribution in [3.63, 3.8) is 0 Å². The number of rotatable bonds is 11. The van der Waals surface area contributed by atoms with E-state index in [2.05, 4.69) is 48.2 Å². The van der Waals surface area contributed by atoms with Gasteiger partial charge in [-0.25, -0.2) is 0 Å². The van der Waals surface area contributed by atoms with Crippen LogP contribution in [0.3, 0.4) is 0 Å². The van der Waals surface area contributed by atoms with Crippen LogP contribution in [-0.2, 0) is 6.42 Å². The van der Waals surface area contributed by atoms with Crippen molar-refractivity contribution >= 4 is 0 Å². The number of pyridine rings is 1. The van der Waals surface area contributed by atoms with E-state index in [1.165, 1.54) is 31.2 Å². The molecular weight excluding hydrogens is 246 g/mol. The predicted octanol–water partition coefficient (Wildman–Crippen LogP) is 3.11. The molecule has 1 aromatic rings. The molecule has 0 aromatic carbocycles. The van der Waals surface area contributed by atoms with E-state index in [9.17, 15) is 0 Å². The number of unbranched alkanes of at least 4 members (excludes halogenated alkanes) is 2. The highest BCUT2D eigenvalue weighted by Crippen LogP contribution is 2.02. The normalized spacial score (nSPS) is 12.8. The largest absolute Gasteiger partial charge is 0.313 e. The van der Waals surface area contributed by atoms with Gasteiger partial charge in [0.15, 0.2) is 0 Å². The Kier molecular flexibility index (Phi) is 9.25. The molecule has 114 valence electrons. The first-order valence-corrected chi connectivity index (χ1v) is 8.03. The summed E-state index contributed by atoms with van der Waals surface area (Å²) in [6.07, 6.45) is 10.2. The molecule has 0 amide bonds. The Hall–Kier alpha value is -0.930. The van der Waals surface area contributed by atoms with Crippen LogP contribution in [0.5, 0.6) is 0 Å². The molecule has 0 saturated carbocycles. The minimum absolute atomic E-state index is 0.648. The van der Waals surface area contributed by atoms with Gasteiger partial charge in [0, 0.05) is 38.1 Å². The van der Waals surface area contributed by atoms with Gasteiger partial charge >= 0.3 is 0 Å². The molecule has 0 radical (unpaired) electrons. The van der Waals surface area contributed by atoms with Gasteiger partial charge < -0.3 is 10.2 Å². The lowest BCUT2D eigenvalue weighted by Crippen LogP contribution is -2.35. The molecule has 0 aliphatic rings. The van der Waals surface area contributed by atoms with Gasteiger partial charge in [-0.1, -0.05) is 26.2 Å². The Bertz CT molecular complexity index is 326. The predicted molar refractivity (Wildman–Crippen MR) is 87.0 cm³/mol. The zero-order valence-electron chi connectivity index (χ0n) is 13.4. The Morgan fingerprint density at radius 3 is 2.65 bits per heavy atom. The van der Waals surface area contributed by atoms with E-state index in [4.69, 9.17) is 0 Å². The van der Waals surface area contributed by atoms with Crippen LogP contribution in [0.2, 0.25) is 0 Å². The molecular formula is C17H31N3. The van der Waals surface area contributed by atoms with Crippen molar-refractivity contribution in [2.45, 2.75) is 52.0 Å². The maximum Gasteiger partial charge on any atom is 0.0270 e. The maximum absolute atomic E-state index is 4.05. The van der Waals surface area contributed by atoms with E-state index < -0.39 is 0 Å². The summed E-state index contributed by atoms with van der Waals surface area (Å²) in [7, 11) is 2.20. The van der Waals surface area contributed by atoms with Crippen LogP contribution in [0.1, 0.15) is 45.1 Å². The lowest BCUT2D eigenvalue weighted by molar-refractivity contribution is 0.326. The van der Waals surface area contributed by atoms with Gasteiger partial charge in [-0.2, -0.15) is 0 Å².